The van der Waals surface area contributed by atoms with Gasteiger partial charge in [0.25, 0.3) is 0 Å². The normalized spacial score (nSPS) is 11.6. The average Bonchev–Trinajstić information content (AvgIpc) is 3.84. The maximum absolute atomic E-state index is 10.8. The van der Waals surface area contributed by atoms with E-state index in [1.54, 1.807) is 0 Å². The maximum atomic E-state index is 10.8. The minimum Gasteiger partial charge on any atom is -0.509 e. The van der Waals surface area contributed by atoms with Crippen LogP contribution in [0, 0.1) is 0 Å². The van der Waals surface area contributed by atoms with Gasteiger partial charge in [0.05, 0.1) is 33.5 Å². The molecule has 3 heterocycles. The zero-order chi connectivity index (χ0) is 41.4. The lowest BCUT2D eigenvalue weighted by molar-refractivity contribution is 0.484. The molecule has 0 aliphatic rings. The number of hydrogen-bond acceptors (Lipinski definition) is 4. The molecule has 3 aromatic heterocycles. The minimum absolute atomic E-state index is 0.0312. The topological polar surface area (TPSA) is 68.8 Å². The molecule has 0 saturated heterocycles. The predicted molar refractivity (Wildman–Crippen MR) is 253 cm³/mol. The van der Waals surface area contributed by atoms with Crippen LogP contribution in [-0.4, -0.2) is 60.6 Å². The Hall–Kier alpha value is -7.57. The Labute approximate surface area is 356 Å². The van der Waals surface area contributed by atoms with Gasteiger partial charge in [-0.1, -0.05) is 174 Å². The number of nitrogens with zero attached hydrogens (tertiary/aromatic N) is 5. The van der Waals surface area contributed by atoms with Crippen LogP contribution in [0.15, 0.2) is 170 Å². The van der Waals surface area contributed by atoms with Crippen molar-refractivity contribution in [2.75, 3.05) is 0 Å². The molecule has 8 radical (unpaired) electrons. The summed E-state index contributed by atoms with van der Waals surface area (Å²) >= 11 is 0. The van der Waals surface area contributed by atoms with Gasteiger partial charge in [0.2, 0.25) is 5.95 Å². The molecule has 6 nitrogen and oxygen atoms in total. The number of phenolic OH excluding ortho intramolecular Hbond substituents is 1. The maximum Gasteiger partial charge on any atom is 0.238 e. The number of hydrogen-bond donors (Lipinski definition) is 1. The fourth-order valence-corrected chi connectivity index (χ4v) is 8.80. The fourth-order valence-electron chi connectivity index (χ4n) is 8.80. The van der Waals surface area contributed by atoms with Gasteiger partial charge in [0, 0.05) is 38.2 Å². The number of rotatable bonds is 6. The number of para-hydroxylation sites is 2. The summed E-state index contributed by atoms with van der Waals surface area (Å²) in [7, 11) is 26.3. The highest BCUT2D eigenvalue weighted by atomic mass is 16.3. The van der Waals surface area contributed by atoms with E-state index in [1.807, 2.05) is 97.1 Å². The van der Waals surface area contributed by atoms with Gasteiger partial charge in [-0.2, -0.15) is 9.97 Å². The Morgan fingerprint density at radius 3 is 1.38 bits per heavy atom. The first-order valence-corrected chi connectivity index (χ1v) is 19.9. The van der Waals surface area contributed by atoms with Gasteiger partial charge in [-0.25, -0.2) is 4.98 Å². The third-order valence-corrected chi connectivity index (χ3v) is 11.6. The second-order valence-electron chi connectivity index (χ2n) is 15.0. The molecule has 0 amide bonds. The highest BCUT2D eigenvalue weighted by molar-refractivity contribution is 6.61. The summed E-state index contributed by atoms with van der Waals surface area (Å²) in [5, 5.41) is 15.0. The first kappa shape index (κ1) is 36.5. The Bertz CT molecular complexity index is 3450. The molecule has 0 atom stereocenters. The summed E-state index contributed by atoms with van der Waals surface area (Å²) in [4.78, 5) is 15.5. The summed E-state index contributed by atoms with van der Waals surface area (Å²) < 4.78 is 4.48. The van der Waals surface area contributed by atoms with Crippen LogP contribution < -0.4 is 21.9 Å². The van der Waals surface area contributed by atoms with Crippen molar-refractivity contribution >= 4 is 96.8 Å². The standard InChI is InChI=1S/C51H29B4N5O/c52-42-41(43(53)45(55)48(61)44(42)54)36-23-14-26-39(40(36)29-15-4-1-5-16-29)59-37-24-12-10-21-32(37)34-27-28-35-33-22-11-13-25-38(33)60(47(35)46(34)59)51-57-49(30-17-6-2-7-18-30)56-50(58-51)31-19-8-3-9-20-31/h1-28,61H. The summed E-state index contributed by atoms with van der Waals surface area (Å²) in [6.45, 7) is 0. The second-order valence-corrected chi connectivity index (χ2v) is 15.0. The van der Waals surface area contributed by atoms with E-state index in [4.69, 9.17) is 46.3 Å². The quantitative estimate of drug-likeness (QED) is 0.177. The molecule has 8 aromatic carbocycles. The first-order chi connectivity index (χ1) is 29.9. The third-order valence-electron chi connectivity index (χ3n) is 11.6. The third kappa shape index (κ3) is 5.66. The van der Waals surface area contributed by atoms with Gasteiger partial charge >= 0.3 is 0 Å². The summed E-state index contributed by atoms with van der Waals surface area (Å²) in [5.41, 5.74) is 9.51. The molecule has 276 valence electrons. The smallest absolute Gasteiger partial charge is 0.238 e. The van der Waals surface area contributed by atoms with Crippen molar-refractivity contribution in [3.63, 3.8) is 0 Å². The van der Waals surface area contributed by atoms with Crippen LogP contribution in [0.1, 0.15) is 0 Å². The number of aromatic nitrogens is 5. The van der Waals surface area contributed by atoms with Gasteiger partial charge in [0.15, 0.2) is 11.6 Å². The zero-order valence-electron chi connectivity index (χ0n) is 32.7. The molecule has 0 aliphatic heterocycles. The van der Waals surface area contributed by atoms with Gasteiger partial charge in [-0.05, 0) is 34.9 Å². The summed E-state index contributed by atoms with van der Waals surface area (Å²) in [6, 6.07) is 57.3. The van der Waals surface area contributed by atoms with Crippen LogP contribution in [0.2, 0.25) is 0 Å². The second kappa shape index (κ2) is 14.3. The van der Waals surface area contributed by atoms with Gasteiger partial charge in [-0.3, -0.25) is 4.57 Å². The molecular formula is C51H29B4N5O. The lowest BCUT2D eigenvalue weighted by atomic mass is 9.65. The van der Waals surface area contributed by atoms with Crippen molar-refractivity contribution in [3.05, 3.63) is 170 Å². The van der Waals surface area contributed by atoms with Gasteiger partial charge < -0.3 is 9.67 Å². The van der Waals surface area contributed by atoms with Gasteiger partial charge in [-0.15, -0.1) is 0 Å². The van der Waals surface area contributed by atoms with E-state index in [-0.39, 0.29) is 27.6 Å². The van der Waals surface area contributed by atoms with Gasteiger partial charge in [0.1, 0.15) is 31.4 Å². The van der Waals surface area contributed by atoms with Crippen LogP contribution >= 0.6 is 0 Å². The molecule has 11 aromatic rings. The van der Waals surface area contributed by atoms with Crippen LogP contribution in [-0.2, 0) is 0 Å². The lowest BCUT2D eigenvalue weighted by Crippen LogP contribution is -2.42. The molecule has 0 unspecified atom stereocenters. The Kier molecular flexibility index (Phi) is 8.57. The van der Waals surface area contributed by atoms with Crippen LogP contribution in [0.25, 0.3) is 100 Å². The molecule has 0 spiro atoms. The highest BCUT2D eigenvalue weighted by Gasteiger charge is 2.26. The molecule has 1 N–H and O–H groups in total. The number of aromatic hydroxyl groups is 1. The van der Waals surface area contributed by atoms with Crippen molar-refractivity contribution in [3.8, 4) is 62.4 Å². The average molecular weight is 771 g/mol. The van der Waals surface area contributed by atoms with E-state index < -0.39 is 0 Å². The van der Waals surface area contributed by atoms with Crippen molar-refractivity contribution in [2.45, 2.75) is 0 Å². The summed E-state index contributed by atoms with van der Waals surface area (Å²) in [5.74, 6) is 1.27. The first-order valence-electron chi connectivity index (χ1n) is 19.9. The van der Waals surface area contributed by atoms with E-state index in [9.17, 15) is 5.11 Å². The molecular weight excluding hydrogens is 742 g/mol. The van der Waals surface area contributed by atoms with Crippen LogP contribution in [0.4, 0.5) is 0 Å². The number of benzene rings is 8. The van der Waals surface area contributed by atoms with Crippen molar-refractivity contribution in [1.82, 2.24) is 24.1 Å². The van der Waals surface area contributed by atoms with E-state index in [1.165, 1.54) is 0 Å². The Balaban J connectivity index is 1.32. The van der Waals surface area contributed by atoms with Crippen LogP contribution in [0.5, 0.6) is 5.75 Å². The predicted octanol–water partition coefficient (Wildman–Crippen LogP) is 7.61. The SMILES string of the molecule is [B]c1c([B])c(-c2cccc(-n3c4ccccc4c4ccc5c6ccccc6n(-c6nc(-c7ccccc7)nc(-c7ccccc7)n6)c5c43)c2-c2ccccc2)c([B])c([B])c1O. The molecule has 0 bridgehead atoms. The zero-order valence-corrected chi connectivity index (χ0v) is 32.7. The van der Waals surface area contributed by atoms with E-state index in [0.717, 1.165) is 71.6 Å². The monoisotopic (exact) mass is 771 g/mol. The van der Waals surface area contributed by atoms with Crippen LogP contribution in [0.3, 0.4) is 0 Å². The van der Waals surface area contributed by atoms with E-state index in [0.29, 0.717) is 28.7 Å². The van der Waals surface area contributed by atoms with E-state index in [2.05, 4.69) is 81.9 Å². The highest BCUT2D eigenvalue weighted by Crippen LogP contribution is 2.44. The van der Waals surface area contributed by atoms with Crippen molar-refractivity contribution in [1.29, 1.82) is 0 Å². The molecule has 0 saturated carbocycles. The lowest BCUT2D eigenvalue weighted by Gasteiger charge is -2.24. The Morgan fingerprint density at radius 2 is 0.836 bits per heavy atom. The largest absolute Gasteiger partial charge is 0.509 e. The fraction of sp³-hybridized carbons (Fsp3) is 0. The van der Waals surface area contributed by atoms with Crippen molar-refractivity contribution in [2.24, 2.45) is 0 Å². The molecule has 61 heavy (non-hydrogen) atoms. The van der Waals surface area contributed by atoms with Crippen molar-refractivity contribution < 1.29 is 5.11 Å². The molecule has 11 rings (SSSR count). The minimum atomic E-state index is -0.335. The summed E-state index contributed by atoms with van der Waals surface area (Å²) in [6.07, 6.45) is 0. The molecule has 0 fully saturated rings. The molecule has 10 heteroatoms. The Morgan fingerprint density at radius 1 is 0.377 bits per heavy atom. The molecule has 0 aliphatic carbocycles. The number of phenols is 1. The number of fused-ring (bicyclic) bond motifs is 7. The van der Waals surface area contributed by atoms with E-state index >= 15 is 0 Å².